The number of carbonyl (C=O) groups is 1. The van der Waals surface area contributed by atoms with Gasteiger partial charge in [0.05, 0.1) is 18.2 Å². The molecule has 1 aromatic carbocycles. The Morgan fingerprint density at radius 3 is 3.00 bits per heavy atom. The van der Waals surface area contributed by atoms with Crippen molar-refractivity contribution >= 4 is 34.2 Å². The highest BCUT2D eigenvalue weighted by Gasteiger charge is 2.36. The van der Waals surface area contributed by atoms with E-state index in [9.17, 15) is 4.79 Å². The molecule has 1 aromatic heterocycles. The van der Waals surface area contributed by atoms with E-state index in [4.69, 9.17) is 0 Å². The Hall–Kier alpha value is -1.37. The Morgan fingerprint density at radius 2 is 2.24 bits per heavy atom. The van der Waals surface area contributed by atoms with Crippen LogP contribution in [0.2, 0.25) is 0 Å². The van der Waals surface area contributed by atoms with E-state index in [2.05, 4.69) is 43.8 Å². The molecule has 1 aliphatic carbocycles. The number of nitrogens with one attached hydrogen (secondary N) is 2. The second-order valence-electron chi connectivity index (χ2n) is 6.73. The number of benzene rings is 1. The van der Waals surface area contributed by atoms with E-state index in [1.54, 1.807) is 4.68 Å². The van der Waals surface area contributed by atoms with Gasteiger partial charge in [0.2, 0.25) is 5.91 Å². The summed E-state index contributed by atoms with van der Waals surface area (Å²) in [5.74, 6) is 0.305. The molecule has 2 aliphatic rings. The smallest absolute Gasteiger partial charge is 0.225 e. The largest absolute Gasteiger partial charge is 0.349 e. The van der Waals surface area contributed by atoms with E-state index in [0.29, 0.717) is 0 Å². The maximum absolute atomic E-state index is 12.9. The molecular weight excluding hydrogens is 404 g/mol. The van der Waals surface area contributed by atoms with Crippen molar-refractivity contribution in [3.63, 3.8) is 0 Å². The number of aromatic nitrogens is 2. The standard InChI is InChI=1S/C18H21BrN4O.ClH/c1-23-10-11(7-21-23)14-8-20-9-15(14)18(24)22-17-6-5-12-13(17)3-2-4-16(12)19;/h2-4,7,10,14-15,17,20H,5-6,8-9H2,1H3,(H,22,24);1H/t14-,15+,17?;/m1./s1. The molecule has 2 aromatic rings. The lowest BCUT2D eigenvalue weighted by atomic mass is 9.90. The fraction of sp³-hybridized carbons (Fsp3) is 0.444. The average Bonchev–Trinajstić information content (AvgIpc) is 3.27. The van der Waals surface area contributed by atoms with Crippen LogP contribution in [0.15, 0.2) is 35.1 Å². The van der Waals surface area contributed by atoms with Gasteiger partial charge in [-0.3, -0.25) is 9.48 Å². The lowest BCUT2D eigenvalue weighted by molar-refractivity contribution is -0.125. The highest BCUT2D eigenvalue weighted by Crippen LogP contribution is 2.36. The Labute approximate surface area is 162 Å². The lowest BCUT2D eigenvalue weighted by Gasteiger charge is -2.21. The van der Waals surface area contributed by atoms with E-state index >= 15 is 0 Å². The SMILES string of the molecule is Cl.Cn1cc([C@H]2CNC[C@@H]2C(=O)NC2CCc3c(Br)cccc32)cn1. The van der Waals surface area contributed by atoms with Crippen LogP contribution in [-0.2, 0) is 18.3 Å². The summed E-state index contributed by atoms with van der Waals surface area (Å²) in [5, 5.41) is 10.9. The minimum atomic E-state index is -0.0367. The van der Waals surface area contributed by atoms with Crippen LogP contribution >= 0.6 is 28.3 Å². The van der Waals surface area contributed by atoms with Crippen LogP contribution in [0.3, 0.4) is 0 Å². The quantitative estimate of drug-likeness (QED) is 0.795. The molecule has 1 aliphatic heterocycles. The zero-order valence-electron chi connectivity index (χ0n) is 14.0. The maximum atomic E-state index is 12.9. The molecule has 2 N–H and O–H groups in total. The molecule has 0 radical (unpaired) electrons. The zero-order chi connectivity index (χ0) is 16.7. The molecule has 25 heavy (non-hydrogen) atoms. The first kappa shape index (κ1) is 18.4. The Kier molecular flexibility index (Phi) is 5.51. The fourth-order valence-electron chi connectivity index (χ4n) is 3.97. The molecular formula is C18H22BrClN4O. The third-order valence-corrected chi connectivity index (χ3v) is 5.98. The molecule has 1 unspecified atom stereocenters. The van der Waals surface area contributed by atoms with Crippen LogP contribution in [-0.4, -0.2) is 28.8 Å². The van der Waals surface area contributed by atoms with E-state index in [1.807, 2.05) is 25.5 Å². The number of carbonyl (C=O) groups excluding carboxylic acids is 1. The number of rotatable bonds is 3. The molecule has 1 saturated heterocycles. The molecule has 134 valence electrons. The van der Waals surface area contributed by atoms with Crippen molar-refractivity contribution < 1.29 is 4.79 Å². The molecule has 5 nitrogen and oxygen atoms in total. The molecule has 1 fully saturated rings. The number of nitrogens with zero attached hydrogens (tertiary/aromatic N) is 2. The van der Waals surface area contributed by atoms with Crippen LogP contribution in [0.1, 0.15) is 35.1 Å². The molecule has 7 heteroatoms. The number of fused-ring (bicyclic) bond motifs is 1. The Morgan fingerprint density at radius 1 is 1.40 bits per heavy atom. The van der Waals surface area contributed by atoms with Crippen molar-refractivity contribution in [2.45, 2.75) is 24.8 Å². The topological polar surface area (TPSA) is 59.0 Å². The molecule has 2 heterocycles. The van der Waals surface area contributed by atoms with Crippen LogP contribution in [0.4, 0.5) is 0 Å². The van der Waals surface area contributed by atoms with Crippen LogP contribution in [0.25, 0.3) is 0 Å². The Bertz CT molecular complexity index is 778. The van der Waals surface area contributed by atoms with Crippen LogP contribution < -0.4 is 10.6 Å². The summed E-state index contributed by atoms with van der Waals surface area (Å²) in [5.41, 5.74) is 3.72. The van der Waals surface area contributed by atoms with Gasteiger partial charge < -0.3 is 10.6 Å². The van der Waals surface area contributed by atoms with Gasteiger partial charge in [0.15, 0.2) is 0 Å². The van der Waals surface area contributed by atoms with Crippen molar-refractivity contribution in [3.05, 3.63) is 51.8 Å². The predicted octanol–water partition coefficient (Wildman–Crippen LogP) is 2.71. The lowest BCUT2D eigenvalue weighted by Crippen LogP contribution is -2.36. The van der Waals surface area contributed by atoms with Gasteiger partial charge in [-0.1, -0.05) is 28.1 Å². The van der Waals surface area contributed by atoms with Gasteiger partial charge in [-0.05, 0) is 35.6 Å². The summed E-state index contributed by atoms with van der Waals surface area (Å²) >= 11 is 3.62. The average molecular weight is 426 g/mol. The summed E-state index contributed by atoms with van der Waals surface area (Å²) in [4.78, 5) is 12.9. The number of hydrogen-bond acceptors (Lipinski definition) is 3. The van der Waals surface area contributed by atoms with Crippen molar-refractivity contribution in [2.24, 2.45) is 13.0 Å². The summed E-state index contributed by atoms with van der Waals surface area (Å²) in [7, 11) is 1.91. The Balaban J connectivity index is 0.00000182. The summed E-state index contributed by atoms with van der Waals surface area (Å²) < 4.78 is 2.94. The maximum Gasteiger partial charge on any atom is 0.225 e. The van der Waals surface area contributed by atoms with Crippen molar-refractivity contribution in [1.82, 2.24) is 20.4 Å². The van der Waals surface area contributed by atoms with E-state index in [1.165, 1.54) is 11.1 Å². The predicted molar refractivity (Wildman–Crippen MR) is 103 cm³/mol. The van der Waals surface area contributed by atoms with Crippen molar-refractivity contribution in [3.8, 4) is 0 Å². The highest BCUT2D eigenvalue weighted by molar-refractivity contribution is 9.10. The molecule has 3 atom stereocenters. The minimum absolute atomic E-state index is 0. The number of aryl methyl sites for hydroxylation is 1. The molecule has 1 amide bonds. The molecule has 0 saturated carbocycles. The van der Waals surface area contributed by atoms with Gasteiger partial charge in [-0.2, -0.15) is 5.10 Å². The monoisotopic (exact) mass is 424 g/mol. The number of halogens is 2. The van der Waals surface area contributed by atoms with Gasteiger partial charge in [-0.15, -0.1) is 12.4 Å². The number of hydrogen-bond donors (Lipinski definition) is 2. The van der Waals surface area contributed by atoms with Crippen LogP contribution in [0, 0.1) is 5.92 Å². The summed E-state index contributed by atoms with van der Waals surface area (Å²) in [6.45, 7) is 1.56. The minimum Gasteiger partial charge on any atom is -0.349 e. The highest BCUT2D eigenvalue weighted by atomic mass is 79.9. The molecule has 0 spiro atoms. The van der Waals surface area contributed by atoms with Gasteiger partial charge in [0.25, 0.3) is 0 Å². The van der Waals surface area contributed by atoms with Crippen LogP contribution in [0.5, 0.6) is 0 Å². The first-order chi connectivity index (χ1) is 11.6. The van der Waals surface area contributed by atoms with Crippen molar-refractivity contribution in [1.29, 1.82) is 0 Å². The first-order valence-electron chi connectivity index (χ1n) is 8.40. The fourth-order valence-corrected chi connectivity index (χ4v) is 4.55. The normalized spacial score (nSPS) is 24.6. The van der Waals surface area contributed by atoms with Gasteiger partial charge in [0, 0.05) is 36.7 Å². The second-order valence-corrected chi connectivity index (χ2v) is 7.58. The first-order valence-corrected chi connectivity index (χ1v) is 9.19. The third kappa shape index (κ3) is 3.48. The van der Waals surface area contributed by atoms with E-state index in [0.717, 1.165) is 36.0 Å². The zero-order valence-corrected chi connectivity index (χ0v) is 16.4. The van der Waals surface area contributed by atoms with E-state index in [-0.39, 0.29) is 36.2 Å². The molecule has 0 bridgehead atoms. The van der Waals surface area contributed by atoms with Crippen molar-refractivity contribution in [2.75, 3.05) is 13.1 Å². The second kappa shape index (κ2) is 7.48. The number of amides is 1. The molecule has 4 rings (SSSR count). The van der Waals surface area contributed by atoms with E-state index < -0.39 is 0 Å². The van der Waals surface area contributed by atoms with Gasteiger partial charge >= 0.3 is 0 Å². The third-order valence-electron chi connectivity index (χ3n) is 5.23. The van der Waals surface area contributed by atoms with Gasteiger partial charge in [0.1, 0.15) is 0 Å². The van der Waals surface area contributed by atoms with Gasteiger partial charge in [-0.25, -0.2) is 0 Å². The summed E-state index contributed by atoms with van der Waals surface area (Å²) in [6.07, 6.45) is 5.87. The summed E-state index contributed by atoms with van der Waals surface area (Å²) in [6, 6.07) is 6.37.